The van der Waals surface area contributed by atoms with Gasteiger partial charge < -0.3 is 15.2 Å². The minimum Gasteiger partial charge on any atom is -0.481 e. The molecule has 1 aliphatic rings. The Labute approximate surface area is 109 Å². The summed E-state index contributed by atoms with van der Waals surface area (Å²) >= 11 is 0. The number of ether oxygens (including phenoxy) is 2. The summed E-state index contributed by atoms with van der Waals surface area (Å²) in [6.45, 7) is 2.30. The number of rotatable bonds is 5. The Balaban J connectivity index is 2.15. The van der Waals surface area contributed by atoms with Gasteiger partial charge in [0.05, 0.1) is 4.92 Å². The average molecular weight is 270 g/mol. The summed E-state index contributed by atoms with van der Waals surface area (Å²) in [5, 5.41) is 10.8. The number of halogens is 1. The summed E-state index contributed by atoms with van der Waals surface area (Å²) in [7, 11) is 0. The van der Waals surface area contributed by atoms with Crippen molar-refractivity contribution in [3.8, 4) is 5.75 Å². The predicted molar refractivity (Wildman–Crippen MR) is 65.5 cm³/mol. The van der Waals surface area contributed by atoms with Gasteiger partial charge in [-0.2, -0.15) is 0 Å². The third kappa shape index (κ3) is 2.82. The van der Waals surface area contributed by atoms with E-state index in [1.54, 1.807) is 0 Å². The number of hydrogen-bond donors (Lipinski definition) is 1. The number of benzene rings is 1. The Morgan fingerprint density at radius 2 is 2.32 bits per heavy atom. The number of nitro benzene ring substituents is 1. The van der Waals surface area contributed by atoms with Crippen molar-refractivity contribution in [1.29, 1.82) is 0 Å². The zero-order valence-electron chi connectivity index (χ0n) is 10.4. The maximum atomic E-state index is 13.1. The monoisotopic (exact) mass is 270 g/mol. The quantitative estimate of drug-likeness (QED) is 0.648. The van der Waals surface area contributed by atoms with Crippen molar-refractivity contribution in [3.63, 3.8) is 0 Å². The van der Waals surface area contributed by atoms with Crippen LogP contribution in [0, 0.1) is 15.9 Å². The van der Waals surface area contributed by atoms with E-state index in [0.29, 0.717) is 13.0 Å². The summed E-state index contributed by atoms with van der Waals surface area (Å²) in [5.41, 5.74) is 5.50. The summed E-state index contributed by atoms with van der Waals surface area (Å²) in [5.74, 6) is -0.677. The van der Waals surface area contributed by atoms with Crippen LogP contribution >= 0.6 is 0 Å². The summed E-state index contributed by atoms with van der Waals surface area (Å²) < 4.78 is 24.0. The first kappa shape index (κ1) is 13.7. The van der Waals surface area contributed by atoms with Gasteiger partial charge in [-0.15, -0.1) is 0 Å². The first-order chi connectivity index (χ1) is 9.02. The molecule has 0 bridgehead atoms. The smallest absolute Gasteiger partial charge is 0.311 e. The lowest BCUT2D eigenvalue weighted by Crippen LogP contribution is -2.59. The van der Waals surface area contributed by atoms with Gasteiger partial charge in [0, 0.05) is 31.2 Å². The van der Waals surface area contributed by atoms with Crippen molar-refractivity contribution in [2.45, 2.75) is 31.6 Å². The highest BCUT2D eigenvalue weighted by atomic mass is 19.1. The summed E-state index contributed by atoms with van der Waals surface area (Å²) in [6.07, 6.45) is -0.165. The van der Waals surface area contributed by atoms with Gasteiger partial charge in [-0.3, -0.25) is 10.1 Å². The van der Waals surface area contributed by atoms with Gasteiger partial charge in [0.1, 0.15) is 18.0 Å². The first-order valence-electron chi connectivity index (χ1n) is 6.00. The third-order valence-electron chi connectivity index (χ3n) is 3.05. The fraction of sp³-hybridized carbons (Fsp3) is 0.500. The first-order valence-corrected chi connectivity index (χ1v) is 6.00. The standard InChI is InChI=1S/C12H15FN2O4/c1-2-18-12-8(14)6-11(12)19-10-5-7(13)3-4-9(10)15(16)17/h3-5,8,11-12H,2,6,14H2,1H3. The fourth-order valence-electron chi connectivity index (χ4n) is 2.05. The van der Waals surface area contributed by atoms with Crippen molar-refractivity contribution < 1.29 is 18.8 Å². The second-order valence-corrected chi connectivity index (χ2v) is 4.34. The number of nitro groups is 1. The molecule has 0 spiro atoms. The average Bonchev–Trinajstić information content (AvgIpc) is 2.35. The van der Waals surface area contributed by atoms with Gasteiger partial charge in [-0.1, -0.05) is 0 Å². The van der Waals surface area contributed by atoms with Crippen molar-refractivity contribution >= 4 is 5.69 Å². The molecule has 1 aromatic carbocycles. The van der Waals surface area contributed by atoms with Crippen molar-refractivity contribution in [2.75, 3.05) is 6.61 Å². The number of nitrogens with zero attached hydrogens (tertiary/aromatic N) is 1. The van der Waals surface area contributed by atoms with Crippen LogP contribution < -0.4 is 10.5 Å². The predicted octanol–water partition coefficient (Wildman–Crippen LogP) is 1.62. The van der Waals surface area contributed by atoms with Gasteiger partial charge in [0.2, 0.25) is 0 Å². The van der Waals surface area contributed by atoms with Crippen LogP contribution in [0.5, 0.6) is 5.75 Å². The van der Waals surface area contributed by atoms with E-state index in [2.05, 4.69) is 0 Å². The van der Waals surface area contributed by atoms with Crippen LogP contribution in [0.4, 0.5) is 10.1 Å². The molecular formula is C12H15FN2O4. The van der Waals surface area contributed by atoms with E-state index >= 15 is 0 Å². The molecule has 2 rings (SSSR count). The molecule has 3 atom stereocenters. The van der Waals surface area contributed by atoms with Crippen molar-refractivity contribution in [1.82, 2.24) is 0 Å². The zero-order chi connectivity index (χ0) is 14.0. The molecule has 1 aromatic rings. The molecular weight excluding hydrogens is 255 g/mol. The minimum absolute atomic E-state index is 0.0911. The number of nitrogens with two attached hydrogens (primary N) is 1. The normalized spacial score (nSPS) is 25.7. The second-order valence-electron chi connectivity index (χ2n) is 4.34. The molecule has 1 saturated carbocycles. The molecule has 0 radical (unpaired) electrons. The molecule has 0 heterocycles. The zero-order valence-corrected chi connectivity index (χ0v) is 10.4. The molecule has 7 heteroatoms. The molecule has 1 aliphatic carbocycles. The van der Waals surface area contributed by atoms with Crippen molar-refractivity contribution in [3.05, 3.63) is 34.1 Å². The second kappa shape index (κ2) is 5.50. The SMILES string of the molecule is CCOC1C(N)CC1Oc1cc(F)ccc1[N+](=O)[O-]. The Morgan fingerprint density at radius 3 is 2.89 bits per heavy atom. The Bertz CT molecular complexity index is 483. The van der Waals surface area contributed by atoms with Crippen LogP contribution in [0.2, 0.25) is 0 Å². The lowest BCUT2D eigenvalue weighted by atomic mass is 9.86. The van der Waals surface area contributed by atoms with E-state index < -0.39 is 10.7 Å². The summed E-state index contributed by atoms with van der Waals surface area (Å²) in [4.78, 5) is 10.2. The van der Waals surface area contributed by atoms with Gasteiger partial charge in [0.15, 0.2) is 5.75 Å². The van der Waals surface area contributed by atoms with E-state index in [9.17, 15) is 14.5 Å². The molecule has 6 nitrogen and oxygen atoms in total. The van der Waals surface area contributed by atoms with Crippen LogP contribution in [0.3, 0.4) is 0 Å². The highest BCUT2D eigenvalue weighted by Crippen LogP contribution is 2.33. The van der Waals surface area contributed by atoms with E-state index in [1.165, 1.54) is 0 Å². The third-order valence-corrected chi connectivity index (χ3v) is 3.05. The lowest BCUT2D eigenvalue weighted by Gasteiger charge is -2.41. The lowest BCUT2D eigenvalue weighted by molar-refractivity contribution is -0.386. The molecule has 1 fully saturated rings. The molecule has 104 valence electrons. The maximum absolute atomic E-state index is 13.1. The van der Waals surface area contributed by atoms with Crippen LogP contribution in [-0.2, 0) is 4.74 Å². The van der Waals surface area contributed by atoms with E-state index in [4.69, 9.17) is 15.2 Å². The van der Waals surface area contributed by atoms with Crippen LogP contribution in [0.15, 0.2) is 18.2 Å². The summed E-state index contributed by atoms with van der Waals surface area (Å²) in [6, 6.07) is 2.96. The highest BCUT2D eigenvalue weighted by molar-refractivity contribution is 5.46. The molecule has 0 aromatic heterocycles. The van der Waals surface area contributed by atoms with Gasteiger partial charge in [-0.05, 0) is 13.0 Å². The van der Waals surface area contributed by atoms with Crippen molar-refractivity contribution in [2.24, 2.45) is 5.73 Å². The minimum atomic E-state index is -0.608. The van der Waals surface area contributed by atoms with Gasteiger partial charge in [0.25, 0.3) is 0 Å². The topological polar surface area (TPSA) is 87.6 Å². The fourth-order valence-corrected chi connectivity index (χ4v) is 2.05. The molecule has 2 N–H and O–H groups in total. The van der Waals surface area contributed by atoms with E-state index in [1.807, 2.05) is 6.92 Å². The number of hydrogen-bond acceptors (Lipinski definition) is 5. The van der Waals surface area contributed by atoms with Gasteiger partial charge in [-0.25, -0.2) is 4.39 Å². The van der Waals surface area contributed by atoms with E-state index in [-0.39, 0.29) is 29.7 Å². The highest BCUT2D eigenvalue weighted by Gasteiger charge is 2.42. The largest absolute Gasteiger partial charge is 0.481 e. The maximum Gasteiger partial charge on any atom is 0.311 e. The van der Waals surface area contributed by atoms with Gasteiger partial charge >= 0.3 is 5.69 Å². The Morgan fingerprint density at radius 1 is 1.58 bits per heavy atom. The van der Waals surface area contributed by atoms with Crippen LogP contribution in [-0.4, -0.2) is 29.8 Å². The molecule has 3 unspecified atom stereocenters. The molecule has 19 heavy (non-hydrogen) atoms. The van der Waals surface area contributed by atoms with E-state index in [0.717, 1.165) is 18.2 Å². The Hall–Kier alpha value is -1.73. The molecule has 0 amide bonds. The molecule has 0 aliphatic heterocycles. The van der Waals surface area contributed by atoms with Crippen LogP contribution in [0.25, 0.3) is 0 Å². The van der Waals surface area contributed by atoms with Crippen LogP contribution in [0.1, 0.15) is 13.3 Å². The Kier molecular flexibility index (Phi) is 3.96. The molecule has 0 saturated heterocycles.